The van der Waals surface area contributed by atoms with Gasteiger partial charge in [-0.1, -0.05) is 38.5 Å². The largest absolute Gasteiger partial charge is 0.440 e. The summed E-state index contributed by atoms with van der Waals surface area (Å²) in [6.07, 6.45) is 1.78. The Morgan fingerprint density at radius 3 is 2.08 bits per heavy atom. The fourth-order valence-electron chi connectivity index (χ4n) is 4.22. The number of hydrogen-bond donors (Lipinski definition) is 2. The number of halogens is 3. The molecule has 2 N–H and O–H groups in total. The lowest BCUT2D eigenvalue weighted by Crippen LogP contribution is -2.70. The Bertz CT molecular complexity index is 584. The molecule has 26 heavy (non-hydrogen) atoms. The van der Waals surface area contributed by atoms with Gasteiger partial charge in [0.1, 0.15) is 0 Å². The first-order chi connectivity index (χ1) is 12.3. The summed E-state index contributed by atoms with van der Waals surface area (Å²) in [5, 5.41) is 3.62. The lowest BCUT2D eigenvalue weighted by atomic mass is 9.88. The van der Waals surface area contributed by atoms with Gasteiger partial charge in [-0.2, -0.15) is 13.2 Å². The number of nitrogens with zero attached hydrogens (tertiary/aromatic N) is 1. The van der Waals surface area contributed by atoms with E-state index in [0.717, 1.165) is 38.5 Å². The minimum atomic E-state index is -5.12. The molecular weight excluding hydrogens is 351 g/mol. The van der Waals surface area contributed by atoms with Crippen LogP contribution in [0.15, 0.2) is 0 Å². The first-order valence-electron chi connectivity index (χ1n) is 9.31. The van der Waals surface area contributed by atoms with E-state index < -0.39 is 41.6 Å². The number of carbonyl (C=O) groups excluding carboxylic acids is 3. The number of amides is 4. The van der Waals surface area contributed by atoms with E-state index in [1.54, 1.807) is 5.32 Å². The van der Waals surface area contributed by atoms with Gasteiger partial charge in [-0.05, 0) is 25.7 Å². The molecule has 146 valence electrons. The minimum Gasteiger partial charge on any atom is -0.318 e. The van der Waals surface area contributed by atoms with E-state index in [0.29, 0.717) is 30.6 Å². The molecule has 3 aliphatic rings. The van der Waals surface area contributed by atoms with Gasteiger partial charge in [0, 0.05) is 12.0 Å². The van der Waals surface area contributed by atoms with Crippen LogP contribution in [0.3, 0.4) is 0 Å². The average molecular weight is 375 g/mol. The molecule has 3 fully saturated rings. The monoisotopic (exact) mass is 375 g/mol. The fraction of sp³-hybridized carbons (Fsp3) is 0.824. The van der Waals surface area contributed by atoms with Crippen molar-refractivity contribution in [2.45, 2.75) is 82.1 Å². The number of nitrogens with one attached hydrogen (secondary N) is 2. The summed E-state index contributed by atoms with van der Waals surface area (Å²) in [7, 11) is 0. The molecule has 3 rings (SSSR count). The van der Waals surface area contributed by atoms with E-state index in [9.17, 15) is 27.6 Å². The second-order valence-electron chi connectivity index (χ2n) is 7.47. The van der Waals surface area contributed by atoms with Crippen molar-refractivity contribution in [2.75, 3.05) is 0 Å². The maximum atomic E-state index is 13.8. The first-order valence-corrected chi connectivity index (χ1v) is 9.31. The molecule has 2 saturated carbocycles. The smallest absolute Gasteiger partial charge is 0.318 e. The highest BCUT2D eigenvalue weighted by atomic mass is 19.4. The second kappa shape index (κ2) is 7.08. The summed E-state index contributed by atoms with van der Waals surface area (Å²) in [5.41, 5.74) is -3.35. The van der Waals surface area contributed by atoms with Gasteiger partial charge in [-0.15, -0.1) is 0 Å². The van der Waals surface area contributed by atoms with Crippen LogP contribution in [0.4, 0.5) is 18.0 Å². The topological polar surface area (TPSA) is 78.5 Å². The van der Waals surface area contributed by atoms with E-state index in [-0.39, 0.29) is 0 Å². The molecule has 6 nitrogen and oxygen atoms in total. The van der Waals surface area contributed by atoms with Crippen LogP contribution in [0.25, 0.3) is 0 Å². The van der Waals surface area contributed by atoms with Crippen LogP contribution in [0, 0.1) is 5.92 Å². The molecule has 2 aliphatic carbocycles. The fourth-order valence-corrected chi connectivity index (χ4v) is 4.22. The quantitative estimate of drug-likeness (QED) is 0.745. The zero-order chi connectivity index (χ0) is 18.9. The predicted molar refractivity (Wildman–Crippen MR) is 85.8 cm³/mol. The van der Waals surface area contributed by atoms with Gasteiger partial charge in [-0.3, -0.25) is 19.8 Å². The van der Waals surface area contributed by atoms with Crippen LogP contribution in [-0.2, 0) is 9.59 Å². The number of imide groups is 1. The SMILES string of the molecule is O=C(N[C@@]1(C(F)(F)F)NC(=O)N(C2CCCCC2)C1=O)C1CCCCC1. The van der Waals surface area contributed by atoms with Crippen molar-refractivity contribution in [3.63, 3.8) is 0 Å². The zero-order valence-electron chi connectivity index (χ0n) is 14.5. The lowest BCUT2D eigenvalue weighted by Gasteiger charge is -2.33. The van der Waals surface area contributed by atoms with Crippen LogP contribution in [0.1, 0.15) is 64.2 Å². The van der Waals surface area contributed by atoms with Crippen LogP contribution in [0.5, 0.6) is 0 Å². The highest BCUT2D eigenvalue weighted by Gasteiger charge is 2.69. The molecule has 0 unspecified atom stereocenters. The Labute approximate surface area is 149 Å². The van der Waals surface area contributed by atoms with Crippen LogP contribution in [0.2, 0.25) is 0 Å². The second-order valence-corrected chi connectivity index (χ2v) is 7.47. The molecule has 1 saturated heterocycles. The third kappa shape index (κ3) is 3.27. The number of rotatable bonds is 3. The van der Waals surface area contributed by atoms with E-state index >= 15 is 0 Å². The van der Waals surface area contributed by atoms with Crippen molar-refractivity contribution >= 4 is 17.8 Å². The summed E-state index contributed by atoms with van der Waals surface area (Å²) in [6.45, 7) is 0. The zero-order valence-corrected chi connectivity index (χ0v) is 14.5. The Morgan fingerprint density at radius 2 is 1.54 bits per heavy atom. The molecule has 0 aromatic carbocycles. The standard InChI is InChI=1S/C17H24F3N3O3/c18-17(19,20)16(21-13(24)11-7-3-1-4-8-11)14(25)23(15(26)22-16)12-9-5-2-6-10-12/h11-12H,1-10H2,(H,21,24)(H,22,26)/t16-/m1/s1. The van der Waals surface area contributed by atoms with Crippen molar-refractivity contribution in [1.29, 1.82) is 0 Å². The van der Waals surface area contributed by atoms with Crippen molar-refractivity contribution in [3.8, 4) is 0 Å². The molecule has 0 aromatic rings. The van der Waals surface area contributed by atoms with Crippen LogP contribution >= 0.6 is 0 Å². The third-order valence-electron chi connectivity index (χ3n) is 5.70. The molecule has 0 spiro atoms. The van der Waals surface area contributed by atoms with Crippen molar-refractivity contribution < 1.29 is 27.6 Å². The van der Waals surface area contributed by atoms with Gasteiger partial charge in [-0.25, -0.2) is 4.79 Å². The third-order valence-corrected chi connectivity index (χ3v) is 5.70. The summed E-state index contributed by atoms with van der Waals surface area (Å²) in [5.74, 6) is -2.79. The maximum absolute atomic E-state index is 13.8. The summed E-state index contributed by atoms with van der Waals surface area (Å²) < 4.78 is 41.5. The number of alkyl halides is 3. The van der Waals surface area contributed by atoms with E-state index in [2.05, 4.69) is 0 Å². The highest BCUT2D eigenvalue weighted by molar-refractivity contribution is 6.09. The summed E-state index contributed by atoms with van der Waals surface area (Å²) in [6, 6.07) is -1.63. The molecular formula is C17H24F3N3O3. The molecule has 9 heteroatoms. The normalized spacial score (nSPS) is 29.0. The van der Waals surface area contributed by atoms with Gasteiger partial charge in [0.25, 0.3) is 11.6 Å². The van der Waals surface area contributed by atoms with Gasteiger partial charge in [0.2, 0.25) is 5.91 Å². The first kappa shape index (κ1) is 19.0. The molecule has 0 bridgehead atoms. The van der Waals surface area contributed by atoms with Crippen molar-refractivity contribution in [2.24, 2.45) is 5.92 Å². The number of hydrogen-bond acceptors (Lipinski definition) is 3. The number of carbonyl (C=O) groups is 3. The average Bonchev–Trinajstić information content (AvgIpc) is 2.87. The molecule has 1 atom stereocenters. The molecule has 0 radical (unpaired) electrons. The predicted octanol–water partition coefficient (Wildman–Crippen LogP) is 2.83. The van der Waals surface area contributed by atoms with E-state index in [4.69, 9.17) is 0 Å². The van der Waals surface area contributed by atoms with Gasteiger partial charge in [0.05, 0.1) is 0 Å². The Balaban J connectivity index is 1.84. The van der Waals surface area contributed by atoms with Gasteiger partial charge >= 0.3 is 12.2 Å². The maximum Gasteiger partial charge on any atom is 0.440 e. The van der Waals surface area contributed by atoms with Crippen LogP contribution < -0.4 is 10.6 Å². The Kier molecular flexibility index (Phi) is 5.16. The van der Waals surface area contributed by atoms with Crippen LogP contribution in [-0.4, -0.2) is 40.6 Å². The van der Waals surface area contributed by atoms with E-state index in [1.165, 1.54) is 0 Å². The molecule has 0 aromatic heterocycles. The summed E-state index contributed by atoms with van der Waals surface area (Å²) >= 11 is 0. The highest BCUT2D eigenvalue weighted by Crippen LogP contribution is 2.37. The van der Waals surface area contributed by atoms with Gasteiger partial charge in [0.15, 0.2) is 0 Å². The Hall–Kier alpha value is -1.80. The molecule has 1 aliphatic heterocycles. The Morgan fingerprint density at radius 1 is 1.00 bits per heavy atom. The summed E-state index contributed by atoms with van der Waals surface area (Å²) in [4.78, 5) is 38.0. The lowest BCUT2D eigenvalue weighted by molar-refractivity contribution is -0.205. The van der Waals surface area contributed by atoms with Gasteiger partial charge < -0.3 is 5.32 Å². The number of urea groups is 1. The van der Waals surface area contributed by atoms with Crippen molar-refractivity contribution in [3.05, 3.63) is 0 Å². The van der Waals surface area contributed by atoms with Crippen molar-refractivity contribution in [1.82, 2.24) is 15.5 Å². The van der Waals surface area contributed by atoms with E-state index in [1.807, 2.05) is 5.32 Å². The molecule has 1 heterocycles. The minimum absolute atomic E-state index is 0.490. The molecule has 4 amide bonds.